The van der Waals surface area contributed by atoms with Crippen LogP contribution >= 0.6 is 0 Å². The number of nitrogens with zero attached hydrogens (tertiary/aromatic N) is 4. The van der Waals surface area contributed by atoms with Crippen LogP contribution in [0.1, 0.15) is 65.2 Å². The molecule has 0 bridgehead atoms. The van der Waals surface area contributed by atoms with Crippen LogP contribution in [0.2, 0.25) is 0 Å². The minimum absolute atomic E-state index is 0.358. The minimum Gasteiger partial charge on any atom is -0.326 e. The molecule has 0 aliphatic heterocycles. The SMILES string of the molecule is NCc1ccc(C(Cc2nnn(C(c3ccccc3)(c3ccccc3)c3ccccc3)n2)C2CCCC2)cc1. The molecule has 1 aromatic heterocycles. The molecule has 1 saturated carbocycles. The first-order valence-electron chi connectivity index (χ1n) is 14.0. The van der Waals surface area contributed by atoms with E-state index in [1.54, 1.807) is 0 Å². The van der Waals surface area contributed by atoms with Crippen molar-refractivity contribution in [2.45, 2.75) is 50.1 Å². The average molecular weight is 514 g/mol. The first-order chi connectivity index (χ1) is 19.3. The van der Waals surface area contributed by atoms with Crippen molar-refractivity contribution in [2.75, 3.05) is 0 Å². The van der Waals surface area contributed by atoms with E-state index < -0.39 is 5.54 Å². The maximum atomic E-state index is 5.88. The van der Waals surface area contributed by atoms with Crippen molar-refractivity contribution in [3.8, 4) is 0 Å². The maximum absolute atomic E-state index is 5.88. The molecule has 39 heavy (non-hydrogen) atoms. The molecule has 5 nitrogen and oxygen atoms in total. The van der Waals surface area contributed by atoms with Gasteiger partial charge in [-0.1, -0.05) is 128 Å². The fourth-order valence-electron chi connectivity index (χ4n) is 6.37. The molecule has 6 rings (SSSR count). The third kappa shape index (κ3) is 4.90. The molecule has 0 spiro atoms. The van der Waals surface area contributed by atoms with E-state index in [9.17, 15) is 0 Å². The Morgan fingerprint density at radius 2 is 1.23 bits per heavy atom. The second kappa shape index (κ2) is 11.3. The number of nitrogens with two attached hydrogens (primary N) is 1. The quantitative estimate of drug-likeness (QED) is 0.229. The summed E-state index contributed by atoms with van der Waals surface area (Å²) >= 11 is 0. The van der Waals surface area contributed by atoms with Gasteiger partial charge in [0.25, 0.3) is 0 Å². The fraction of sp³-hybridized carbons (Fsp3) is 0.265. The molecular weight excluding hydrogens is 478 g/mol. The molecular formula is C34H35N5. The molecule has 1 fully saturated rings. The maximum Gasteiger partial charge on any atom is 0.175 e. The Hall–Kier alpha value is -4.09. The minimum atomic E-state index is -0.749. The lowest BCUT2D eigenvalue weighted by Crippen LogP contribution is -2.39. The van der Waals surface area contributed by atoms with Crippen molar-refractivity contribution in [3.63, 3.8) is 0 Å². The summed E-state index contributed by atoms with van der Waals surface area (Å²) in [6.45, 7) is 0.560. The van der Waals surface area contributed by atoms with E-state index in [0.29, 0.717) is 18.4 Å². The van der Waals surface area contributed by atoms with Crippen LogP contribution in [0.5, 0.6) is 0 Å². The van der Waals surface area contributed by atoms with Gasteiger partial charge in [-0.15, -0.1) is 15.0 Å². The third-order valence-corrected chi connectivity index (χ3v) is 8.34. The van der Waals surface area contributed by atoms with Gasteiger partial charge in [0.2, 0.25) is 0 Å². The zero-order valence-electron chi connectivity index (χ0n) is 22.2. The zero-order valence-corrected chi connectivity index (χ0v) is 22.2. The molecule has 2 N–H and O–H groups in total. The highest BCUT2D eigenvalue weighted by molar-refractivity contribution is 5.49. The van der Waals surface area contributed by atoms with Gasteiger partial charge in [-0.25, -0.2) is 0 Å². The van der Waals surface area contributed by atoms with Crippen LogP contribution in [0.4, 0.5) is 0 Å². The summed E-state index contributed by atoms with van der Waals surface area (Å²) in [4.78, 5) is 1.84. The second-order valence-corrected chi connectivity index (χ2v) is 10.6. The Kier molecular flexibility index (Phi) is 7.33. The van der Waals surface area contributed by atoms with Gasteiger partial charge < -0.3 is 5.73 Å². The third-order valence-electron chi connectivity index (χ3n) is 8.34. The molecule has 4 aromatic carbocycles. The average Bonchev–Trinajstić information content (AvgIpc) is 3.72. The molecule has 0 amide bonds. The van der Waals surface area contributed by atoms with E-state index in [1.165, 1.54) is 31.2 Å². The highest BCUT2D eigenvalue weighted by atomic mass is 15.6. The summed E-state index contributed by atoms with van der Waals surface area (Å²) in [5, 5.41) is 14.6. The molecule has 196 valence electrons. The Balaban J connectivity index is 1.46. The van der Waals surface area contributed by atoms with Crippen LogP contribution in [0, 0.1) is 5.92 Å². The number of benzene rings is 4. The normalized spacial score (nSPS) is 14.9. The van der Waals surface area contributed by atoms with Crippen molar-refractivity contribution >= 4 is 0 Å². The molecule has 1 atom stereocenters. The van der Waals surface area contributed by atoms with Gasteiger partial charge >= 0.3 is 0 Å². The lowest BCUT2D eigenvalue weighted by molar-refractivity contribution is 0.390. The van der Waals surface area contributed by atoms with E-state index >= 15 is 0 Å². The summed E-state index contributed by atoms with van der Waals surface area (Å²) in [5.74, 6) is 1.77. The summed E-state index contributed by atoms with van der Waals surface area (Å²) in [7, 11) is 0. The Labute approximate surface area is 230 Å². The van der Waals surface area contributed by atoms with Crippen LogP contribution in [-0.2, 0) is 18.5 Å². The topological polar surface area (TPSA) is 69.6 Å². The van der Waals surface area contributed by atoms with Crippen molar-refractivity contribution in [3.05, 3.63) is 149 Å². The number of hydrogen-bond acceptors (Lipinski definition) is 4. The highest BCUT2D eigenvalue weighted by Crippen LogP contribution is 2.41. The van der Waals surface area contributed by atoms with Crippen molar-refractivity contribution in [1.29, 1.82) is 0 Å². The van der Waals surface area contributed by atoms with Crippen molar-refractivity contribution in [1.82, 2.24) is 20.2 Å². The molecule has 5 heteroatoms. The predicted molar refractivity (Wildman–Crippen MR) is 155 cm³/mol. The number of rotatable bonds is 9. The van der Waals surface area contributed by atoms with Crippen LogP contribution in [-0.4, -0.2) is 20.2 Å². The lowest BCUT2D eigenvalue weighted by Gasteiger charge is -2.34. The summed E-state index contributed by atoms with van der Waals surface area (Å²) in [5.41, 5.74) is 10.9. The smallest absolute Gasteiger partial charge is 0.175 e. The van der Waals surface area contributed by atoms with Gasteiger partial charge in [-0.3, -0.25) is 0 Å². The van der Waals surface area contributed by atoms with Gasteiger partial charge in [0.1, 0.15) is 0 Å². The summed E-state index contributed by atoms with van der Waals surface area (Å²) in [6.07, 6.45) is 5.85. The van der Waals surface area contributed by atoms with Crippen molar-refractivity contribution in [2.24, 2.45) is 11.7 Å². The van der Waals surface area contributed by atoms with Gasteiger partial charge in [-0.2, -0.15) is 0 Å². The van der Waals surface area contributed by atoms with Crippen LogP contribution in [0.25, 0.3) is 0 Å². The monoisotopic (exact) mass is 513 g/mol. The van der Waals surface area contributed by atoms with Gasteiger partial charge in [-0.05, 0) is 57.7 Å². The molecule has 1 aliphatic rings. The summed E-state index contributed by atoms with van der Waals surface area (Å²) in [6, 6.07) is 40.4. The van der Waals surface area contributed by atoms with E-state index in [4.69, 9.17) is 21.1 Å². The molecule has 0 radical (unpaired) electrons. The predicted octanol–water partition coefficient (Wildman–Crippen LogP) is 6.49. The van der Waals surface area contributed by atoms with Crippen LogP contribution in [0.3, 0.4) is 0 Å². The van der Waals surface area contributed by atoms with Gasteiger partial charge in [0, 0.05) is 13.0 Å². The molecule has 1 heterocycles. The van der Waals surface area contributed by atoms with Crippen LogP contribution < -0.4 is 5.73 Å². The summed E-state index contributed by atoms with van der Waals surface area (Å²) < 4.78 is 0. The zero-order chi connectivity index (χ0) is 26.5. The largest absolute Gasteiger partial charge is 0.326 e. The number of aromatic nitrogens is 4. The van der Waals surface area contributed by atoms with Crippen molar-refractivity contribution < 1.29 is 0 Å². The van der Waals surface area contributed by atoms with Gasteiger partial charge in [0.05, 0.1) is 0 Å². The van der Waals surface area contributed by atoms with Gasteiger partial charge in [0.15, 0.2) is 11.4 Å². The first kappa shape index (κ1) is 25.2. The van der Waals surface area contributed by atoms with Crippen LogP contribution in [0.15, 0.2) is 115 Å². The molecule has 1 aliphatic carbocycles. The fourth-order valence-corrected chi connectivity index (χ4v) is 6.37. The molecule has 0 saturated heterocycles. The van der Waals surface area contributed by atoms with E-state index in [0.717, 1.165) is 34.5 Å². The Morgan fingerprint density at radius 3 is 1.72 bits per heavy atom. The van der Waals surface area contributed by atoms with E-state index in [2.05, 4.69) is 97.1 Å². The second-order valence-electron chi connectivity index (χ2n) is 10.6. The Bertz CT molecular complexity index is 1360. The first-order valence-corrected chi connectivity index (χ1v) is 14.0. The molecule has 1 unspecified atom stereocenters. The standard InChI is InChI=1S/C34H35N5/c35-25-26-20-22-28(23-21-26)32(27-12-10-11-13-27)24-33-36-38-39(37-33)34(29-14-4-1-5-15-29,30-16-6-2-7-17-30)31-18-8-3-9-19-31/h1-9,14-23,27,32H,10-13,24-25,35H2. The lowest BCUT2D eigenvalue weighted by atomic mass is 9.77. The number of hydrogen-bond donors (Lipinski definition) is 1. The number of tetrazole rings is 1. The Morgan fingerprint density at radius 1 is 0.718 bits per heavy atom. The van der Waals surface area contributed by atoms with E-state index in [1.807, 2.05) is 23.0 Å². The van der Waals surface area contributed by atoms with E-state index in [-0.39, 0.29) is 0 Å². The highest BCUT2D eigenvalue weighted by Gasteiger charge is 2.41. The molecule has 5 aromatic rings.